The van der Waals surface area contributed by atoms with Crippen molar-refractivity contribution in [2.75, 3.05) is 19.6 Å². The molecule has 1 aliphatic rings. The van der Waals surface area contributed by atoms with E-state index in [2.05, 4.69) is 10.6 Å². The molecular weight excluding hydrogens is 196 g/mol. The highest BCUT2D eigenvalue weighted by molar-refractivity contribution is 7.07. The average Bonchev–Trinajstić information content (AvgIpc) is 2.87. The lowest BCUT2D eigenvalue weighted by atomic mass is 10.2. The summed E-state index contributed by atoms with van der Waals surface area (Å²) in [4.78, 5) is 0. The number of aliphatic hydroxyl groups is 1. The summed E-state index contributed by atoms with van der Waals surface area (Å²) >= 11 is 1.63. The topological polar surface area (TPSA) is 44.3 Å². The first kappa shape index (κ1) is 10.1. The van der Waals surface area contributed by atoms with Crippen LogP contribution in [0.4, 0.5) is 0 Å². The minimum absolute atomic E-state index is 0.359. The minimum Gasteiger partial charge on any atom is -0.387 e. The van der Waals surface area contributed by atoms with Crippen molar-refractivity contribution in [2.24, 2.45) is 0 Å². The fourth-order valence-electron chi connectivity index (χ4n) is 1.69. The lowest BCUT2D eigenvalue weighted by Gasteiger charge is -2.14. The van der Waals surface area contributed by atoms with Crippen molar-refractivity contribution in [3.63, 3.8) is 0 Å². The predicted molar refractivity (Wildman–Crippen MR) is 58.6 cm³/mol. The summed E-state index contributed by atoms with van der Waals surface area (Å²) in [7, 11) is 0. The molecule has 0 aliphatic carbocycles. The van der Waals surface area contributed by atoms with E-state index >= 15 is 0 Å². The van der Waals surface area contributed by atoms with Gasteiger partial charge in [0.05, 0.1) is 6.10 Å². The van der Waals surface area contributed by atoms with Gasteiger partial charge in [0.15, 0.2) is 0 Å². The highest BCUT2D eigenvalue weighted by Crippen LogP contribution is 2.15. The molecule has 2 atom stereocenters. The SMILES string of the molecule is OC(CNC1CCNC1)c1ccsc1. The summed E-state index contributed by atoms with van der Waals surface area (Å²) < 4.78 is 0. The van der Waals surface area contributed by atoms with Gasteiger partial charge >= 0.3 is 0 Å². The Morgan fingerprint density at radius 3 is 3.29 bits per heavy atom. The zero-order valence-electron chi connectivity index (χ0n) is 8.07. The smallest absolute Gasteiger partial charge is 0.0922 e. The maximum absolute atomic E-state index is 9.79. The second-order valence-electron chi connectivity index (χ2n) is 3.67. The first-order valence-electron chi connectivity index (χ1n) is 5.00. The van der Waals surface area contributed by atoms with Gasteiger partial charge in [0.1, 0.15) is 0 Å². The van der Waals surface area contributed by atoms with E-state index in [-0.39, 0.29) is 6.10 Å². The van der Waals surface area contributed by atoms with Gasteiger partial charge in [0.2, 0.25) is 0 Å². The summed E-state index contributed by atoms with van der Waals surface area (Å²) in [6, 6.07) is 2.51. The second-order valence-corrected chi connectivity index (χ2v) is 4.45. The molecule has 2 rings (SSSR count). The molecule has 14 heavy (non-hydrogen) atoms. The van der Waals surface area contributed by atoms with Gasteiger partial charge in [-0.05, 0) is 35.4 Å². The van der Waals surface area contributed by atoms with E-state index in [1.807, 2.05) is 16.8 Å². The van der Waals surface area contributed by atoms with Crippen molar-refractivity contribution in [1.82, 2.24) is 10.6 Å². The first-order chi connectivity index (χ1) is 6.86. The normalized spacial score (nSPS) is 23.9. The monoisotopic (exact) mass is 212 g/mol. The molecule has 0 spiro atoms. The minimum atomic E-state index is -0.359. The number of hydrogen-bond donors (Lipinski definition) is 3. The maximum Gasteiger partial charge on any atom is 0.0922 e. The number of hydrogen-bond acceptors (Lipinski definition) is 4. The third-order valence-corrected chi connectivity index (χ3v) is 3.29. The Labute approximate surface area is 88.1 Å². The Bertz CT molecular complexity index is 257. The molecule has 0 saturated carbocycles. The van der Waals surface area contributed by atoms with Crippen LogP contribution < -0.4 is 10.6 Å². The molecule has 1 aliphatic heterocycles. The molecule has 0 bridgehead atoms. The van der Waals surface area contributed by atoms with Crippen LogP contribution in [-0.4, -0.2) is 30.8 Å². The standard InChI is InChI=1S/C10H16N2OS/c13-10(8-2-4-14-7-8)6-12-9-1-3-11-5-9/h2,4,7,9-13H,1,3,5-6H2. The van der Waals surface area contributed by atoms with Gasteiger partial charge < -0.3 is 15.7 Å². The van der Waals surface area contributed by atoms with Gasteiger partial charge in [-0.15, -0.1) is 0 Å². The van der Waals surface area contributed by atoms with Crippen LogP contribution in [0.15, 0.2) is 16.8 Å². The Morgan fingerprint density at radius 2 is 2.64 bits per heavy atom. The molecule has 4 heteroatoms. The lowest BCUT2D eigenvalue weighted by molar-refractivity contribution is 0.171. The van der Waals surface area contributed by atoms with E-state index in [0.717, 1.165) is 25.1 Å². The molecule has 0 aromatic carbocycles. The van der Waals surface area contributed by atoms with Crippen molar-refractivity contribution in [3.05, 3.63) is 22.4 Å². The van der Waals surface area contributed by atoms with E-state index < -0.39 is 0 Å². The Hall–Kier alpha value is -0.420. The van der Waals surface area contributed by atoms with Gasteiger partial charge in [-0.25, -0.2) is 0 Å². The van der Waals surface area contributed by atoms with Crippen molar-refractivity contribution >= 4 is 11.3 Å². The Morgan fingerprint density at radius 1 is 1.71 bits per heavy atom. The third kappa shape index (κ3) is 2.54. The van der Waals surface area contributed by atoms with Gasteiger partial charge in [-0.2, -0.15) is 11.3 Å². The highest BCUT2D eigenvalue weighted by Gasteiger charge is 2.15. The van der Waals surface area contributed by atoms with Gasteiger partial charge in [-0.1, -0.05) is 0 Å². The van der Waals surface area contributed by atoms with E-state index in [1.54, 1.807) is 11.3 Å². The van der Waals surface area contributed by atoms with Crippen LogP contribution in [0.3, 0.4) is 0 Å². The zero-order chi connectivity index (χ0) is 9.80. The summed E-state index contributed by atoms with van der Waals surface area (Å²) in [5.74, 6) is 0. The van der Waals surface area contributed by atoms with Crippen molar-refractivity contribution in [3.8, 4) is 0 Å². The molecule has 2 heterocycles. The fourth-order valence-corrected chi connectivity index (χ4v) is 2.40. The summed E-state index contributed by atoms with van der Waals surface area (Å²) in [6.07, 6.45) is 0.804. The average molecular weight is 212 g/mol. The van der Waals surface area contributed by atoms with Crippen molar-refractivity contribution < 1.29 is 5.11 Å². The summed E-state index contributed by atoms with van der Waals surface area (Å²) in [6.45, 7) is 2.77. The molecule has 0 radical (unpaired) electrons. The van der Waals surface area contributed by atoms with Gasteiger partial charge in [0, 0.05) is 19.1 Å². The van der Waals surface area contributed by atoms with E-state index in [4.69, 9.17) is 0 Å². The van der Waals surface area contributed by atoms with Gasteiger partial charge in [-0.3, -0.25) is 0 Å². The van der Waals surface area contributed by atoms with Crippen LogP contribution in [0.5, 0.6) is 0 Å². The highest BCUT2D eigenvalue weighted by atomic mass is 32.1. The Balaban J connectivity index is 1.74. The second kappa shape index (κ2) is 4.89. The van der Waals surface area contributed by atoms with Crippen LogP contribution in [0.25, 0.3) is 0 Å². The van der Waals surface area contributed by atoms with Crippen LogP contribution >= 0.6 is 11.3 Å². The van der Waals surface area contributed by atoms with Crippen LogP contribution in [0.2, 0.25) is 0 Å². The number of nitrogens with one attached hydrogen (secondary N) is 2. The Kier molecular flexibility index (Phi) is 3.53. The third-order valence-electron chi connectivity index (χ3n) is 2.59. The lowest BCUT2D eigenvalue weighted by Crippen LogP contribution is -2.34. The maximum atomic E-state index is 9.79. The van der Waals surface area contributed by atoms with Crippen molar-refractivity contribution in [2.45, 2.75) is 18.6 Å². The molecule has 3 nitrogen and oxygen atoms in total. The summed E-state index contributed by atoms with van der Waals surface area (Å²) in [5, 5.41) is 20.4. The number of thiophene rings is 1. The quantitative estimate of drug-likeness (QED) is 0.689. The van der Waals surface area contributed by atoms with E-state index in [0.29, 0.717) is 12.6 Å². The molecule has 1 aromatic heterocycles. The van der Waals surface area contributed by atoms with Crippen molar-refractivity contribution in [1.29, 1.82) is 0 Å². The molecule has 78 valence electrons. The molecule has 3 N–H and O–H groups in total. The van der Waals surface area contributed by atoms with Crippen LogP contribution in [-0.2, 0) is 0 Å². The molecule has 1 aromatic rings. The number of aliphatic hydroxyl groups excluding tert-OH is 1. The summed E-state index contributed by atoms with van der Waals surface area (Å²) in [5.41, 5.74) is 1.02. The van der Waals surface area contributed by atoms with Gasteiger partial charge in [0.25, 0.3) is 0 Å². The molecule has 2 unspecified atom stereocenters. The molecule has 1 fully saturated rings. The largest absolute Gasteiger partial charge is 0.387 e. The van der Waals surface area contributed by atoms with E-state index in [9.17, 15) is 5.11 Å². The van der Waals surface area contributed by atoms with Crippen LogP contribution in [0.1, 0.15) is 18.1 Å². The number of rotatable bonds is 4. The zero-order valence-corrected chi connectivity index (χ0v) is 8.89. The fraction of sp³-hybridized carbons (Fsp3) is 0.600. The predicted octanol–water partition coefficient (Wildman–Crippen LogP) is 0.733. The van der Waals surface area contributed by atoms with Crippen LogP contribution in [0, 0.1) is 0 Å². The first-order valence-corrected chi connectivity index (χ1v) is 5.95. The molecule has 0 amide bonds. The molecular formula is C10H16N2OS. The van der Waals surface area contributed by atoms with E-state index in [1.165, 1.54) is 0 Å². The molecule has 1 saturated heterocycles.